The van der Waals surface area contributed by atoms with Crippen molar-refractivity contribution in [3.05, 3.63) is 58.6 Å². The van der Waals surface area contributed by atoms with Crippen molar-refractivity contribution in [2.75, 3.05) is 20.3 Å². The third-order valence-electron chi connectivity index (χ3n) is 4.08. The topological polar surface area (TPSA) is 77.9 Å². The van der Waals surface area contributed by atoms with Crippen molar-refractivity contribution in [2.24, 2.45) is 0 Å². The average molecular weight is 399 g/mol. The number of carboxylic acids is 1. The Kier molecular flexibility index (Phi) is 6.16. The number of benzene rings is 2. The molecule has 0 radical (unpaired) electrons. The molecule has 0 spiro atoms. The number of aromatic carboxylic acids is 1. The minimum Gasteiger partial charge on any atom is -0.493 e. The first kappa shape index (κ1) is 19.7. The molecular formula is C21H21NO5S. The third-order valence-corrected chi connectivity index (χ3v) is 4.96. The van der Waals surface area contributed by atoms with E-state index in [2.05, 4.69) is 4.98 Å². The Labute approximate surface area is 167 Å². The number of para-hydroxylation sites is 1. The zero-order valence-corrected chi connectivity index (χ0v) is 16.7. The van der Waals surface area contributed by atoms with Crippen LogP contribution < -0.4 is 14.2 Å². The van der Waals surface area contributed by atoms with E-state index in [1.807, 2.05) is 44.2 Å². The van der Waals surface area contributed by atoms with Crippen LogP contribution in [-0.2, 0) is 0 Å². The Morgan fingerprint density at radius 2 is 1.89 bits per heavy atom. The molecule has 0 aliphatic rings. The van der Waals surface area contributed by atoms with Gasteiger partial charge in [-0.05, 0) is 43.2 Å². The number of ether oxygens (including phenoxy) is 3. The van der Waals surface area contributed by atoms with Gasteiger partial charge in [-0.3, -0.25) is 0 Å². The van der Waals surface area contributed by atoms with Crippen molar-refractivity contribution in [3.8, 4) is 27.8 Å². The van der Waals surface area contributed by atoms with Crippen molar-refractivity contribution < 1.29 is 24.1 Å². The highest BCUT2D eigenvalue weighted by atomic mass is 32.1. The second-order valence-electron chi connectivity index (χ2n) is 6.15. The number of nitrogens with zero attached hydrogens (tertiary/aromatic N) is 1. The van der Waals surface area contributed by atoms with E-state index in [4.69, 9.17) is 19.3 Å². The molecule has 0 atom stereocenters. The third kappa shape index (κ3) is 4.43. The number of hydrogen-bond acceptors (Lipinski definition) is 6. The second kappa shape index (κ2) is 8.75. The number of carboxylic acid groups (broad SMARTS) is 1. The van der Waals surface area contributed by atoms with Crippen LogP contribution in [-0.4, -0.2) is 36.4 Å². The highest BCUT2D eigenvalue weighted by molar-refractivity contribution is 7.13. The Balaban J connectivity index is 1.75. The molecule has 0 saturated carbocycles. The van der Waals surface area contributed by atoms with Crippen LogP contribution in [0, 0.1) is 13.8 Å². The molecule has 1 aromatic heterocycles. The van der Waals surface area contributed by atoms with Crippen molar-refractivity contribution in [1.82, 2.24) is 4.98 Å². The minimum absolute atomic E-state index is 0.00651. The monoisotopic (exact) mass is 399 g/mol. The largest absolute Gasteiger partial charge is 0.493 e. The molecular weight excluding hydrogens is 378 g/mol. The molecule has 0 unspecified atom stereocenters. The number of methoxy groups -OCH3 is 1. The summed E-state index contributed by atoms with van der Waals surface area (Å²) in [4.78, 5) is 15.3. The number of thiazole rings is 1. The lowest BCUT2D eigenvalue weighted by atomic mass is 10.1. The van der Waals surface area contributed by atoms with Crippen LogP contribution in [0.3, 0.4) is 0 Å². The van der Waals surface area contributed by atoms with Gasteiger partial charge in [0.25, 0.3) is 0 Å². The van der Waals surface area contributed by atoms with Gasteiger partial charge >= 0.3 is 5.97 Å². The first-order chi connectivity index (χ1) is 13.5. The standard InChI is InChI=1S/C21H21NO5S/c1-13-7-8-14(2)18(11-13)26-9-10-27-19-15(5-4-6-17(19)25-3)20-22-16(12-28-20)21(23)24/h4-8,11-12H,9-10H2,1-3H3,(H,23,24). The van der Waals surface area contributed by atoms with Gasteiger partial charge in [0.2, 0.25) is 0 Å². The predicted octanol–water partition coefficient (Wildman–Crippen LogP) is 4.59. The van der Waals surface area contributed by atoms with Crippen molar-refractivity contribution >= 4 is 17.3 Å². The van der Waals surface area contributed by atoms with Crippen LogP contribution in [0.25, 0.3) is 10.6 Å². The summed E-state index contributed by atoms with van der Waals surface area (Å²) in [6.07, 6.45) is 0. The predicted molar refractivity (Wildman–Crippen MR) is 108 cm³/mol. The van der Waals surface area contributed by atoms with Crippen molar-refractivity contribution in [2.45, 2.75) is 13.8 Å². The first-order valence-electron chi connectivity index (χ1n) is 8.68. The van der Waals surface area contributed by atoms with Crippen LogP contribution in [0.1, 0.15) is 21.6 Å². The van der Waals surface area contributed by atoms with Gasteiger partial charge in [0.05, 0.1) is 12.7 Å². The van der Waals surface area contributed by atoms with Gasteiger partial charge in [-0.25, -0.2) is 9.78 Å². The highest BCUT2D eigenvalue weighted by Gasteiger charge is 2.17. The van der Waals surface area contributed by atoms with Crippen LogP contribution in [0.5, 0.6) is 17.2 Å². The van der Waals surface area contributed by atoms with E-state index in [1.54, 1.807) is 13.2 Å². The van der Waals surface area contributed by atoms with Crippen LogP contribution in [0.4, 0.5) is 0 Å². The van der Waals surface area contributed by atoms with E-state index in [-0.39, 0.29) is 5.69 Å². The van der Waals surface area contributed by atoms with Gasteiger partial charge in [0, 0.05) is 5.38 Å². The molecule has 0 amide bonds. The minimum atomic E-state index is -1.06. The van der Waals surface area contributed by atoms with Gasteiger partial charge < -0.3 is 19.3 Å². The summed E-state index contributed by atoms with van der Waals surface area (Å²) in [5, 5.41) is 11.2. The second-order valence-corrected chi connectivity index (χ2v) is 7.00. The smallest absolute Gasteiger partial charge is 0.355 e. The van der Waals surface area contributed by atoms with Gasteiger partial charge in [0.1, 0.15) is 24.0 Å². The quantitative estimate of drug-likeness (QED) is 0.558. The summed E-state index contributed by atoms with van der Waals surface area (Å²) in [6.45, 7) is 4.68. The fourth-order valence-electron chi connectivity index (χ4n) is 2.65. The van der Waals surface area contributed by atoms with Crippen LogP contribution in [0.15, 0.2) is 41.8 Å². The van der Waals surface area contributed by atoms with E-state index in [0.29, 0.717) is 35.3 Å². The van der Waals surface area contributed by atoms with Crippen LogP contribution >= 0.6 is 11.3 Å². The van der Waals surface area contributed by atoms with Crippen molar-refractivity contribution in [1.29, 1.82) is 0 Å². The Bertz CT molecular complexity index is 983. The lowest BCUT2D eigenvalue weighted by Gasteiger charge is -2.15. The number of aryl methyl sites for hydroxylation is 2. The molecule has 146 valence electrons. The fraction of sp³-hybridized carbons (Fsp3) is 0.238. The van der Waals surface area contributed by atoms with E-state index in [0.717, 1.165) is 16.9 Å². The molecule has 0 fully saturated rings. The molecule has 3 rings (SSSR count). The maximum Gasteiger partial charge on any atom is 0.355 e. The van der Waals surface area contributed by atoms with E-state index >= 15 is 0 Å². The molecule has 6 nitrogen and oxygen atoms in total. The van der Waals surface area contributed by atoms with E-state index in [9.17, 15) is 4.79 Å². The normalized spacial score (nSPS) is 10.5. The average Bonchev–Trinajstić information content (AvgIpc) is 3.18. The summed E-state index contributed by atoms with van der Waals surface area (Å²) in [5.41, 5.74) is 2.88. The molecule has 0 saturated heterocycles. The van der Waals surface area contributed by atoms with Gasteiger partial charge in [-0.15, -0.1) is 11.3 Å². The van der Waals surface area contributed by atoms with E-state index in [1.165, 1.54) is 16.7 Å². The summed E-state index contributed by atoms with van der Waals surface area (Å²) < 4.78 is 17.2. The van der Waals surface area contributed by atoms with Gasteiger partial charge in [-0.2, -0.15) is 0 Å². The Morgan fingerprint density at radius 3 is 2.61 bits per heavy atom. The summed E-state index contributed by atoms with van der Waals surface area (Å²) in [5.74, 6) is 0.835. The first-order valence-corrected chi connectivity index (χ1v) is 9.56. The maximum absolute atomic E-state index is 11.1. The number of rotatable bonds is 8. The Hall–Kier alpha value is -3.06. The molecule has 0 bridgehead atoms. The highest BCUT2D eigenvalue weighted by Crippen LogP contribution is 2.39. The fourth-order valence-corrected chi connectivity index (χ4v) is 3.46. The lowest BCUT2D eigenvalue weighted by molar-refractivity contribution is 0.0691. The summed E-state index contributed by atoms with van der Waals surface area (Å²) in [6, 6.07) is 11.5. The zero-order chi connectivity index (χ0) is 20.1. The lowest BCUT2D eigenvalue weighted by Crippen LogP contribution is -2.11. The Morgan fingerprint density at radius 1 is 1.11 bits per heavy atom. The molecule has 1 heterocycles. The van der Waals surface area contributed by atoms with E-state index < -0.39 is 5.97 Å². The molecule has 7 heteroatoms. The molecule has 2 aromatic carbocycles. The number of carbonyl (C=O) groups is 1. The molecule has 1 N–H and O–H groups in total. The summed E-state index contributed by atoms with van der Waals surface area (Å²) in [7, 11) is 1.56. The summed E-state index contributed by atoms with van der Waals surface area (Å²) >= 11 is 1.25. The van der Waals surface area contributed by atoms with Gasteiger partial charge in [0.15, 0.2) is 17.2 Å². The molecule has 0 aliphatic heterocycles. The maximum atomic E-state index is 11.1. The molecule has 3 aromatic rings. The van der Waals surface area contributed by atoms with Crippen LogP contribution in [0.2, 0.25) is 0 Å². The molecule has 28 heavy (non-hydrogen) atoms. The van der Waals surface area contributed by atoms with Gasteiger partial charge in [-0.1, -0.05) is 18.2 Å². The SMILES string of the molecule is COc1cccc(-c2nc(C(=O)O)cs2)c1OCCOc1cc(C)ccc1C. The zero-order valence-electron chi connectivity index (χ0n) is 15.9. The number of hydrogen-bond donors (Lipinski definition) is 1. The number of aromatic nitrogens is 1. The molecule has 0 aliphatic carbocycles. The van der Waals surface area contributed by atoms with Crippen molar-refractivity contribution in [3.63, 3.8) is 0 Å².